The van der Waals surface area contributed by atoms with Gasteiger partial charge >= 0.3 is 12.2 Å². The van der Waals surface area contributed by atoms with Crippen LogP contribution in [0.15, 0.2) is 30.5 Å². The van der Waals surface area contributed by atoms with E-state index in [4.69, 9.17) is 5.73 Å². The minimum atomic E-state index is -4.52. The largest absolute Gasteiger partial charge is 0.416 e. The van der Waals surface area contributed by atoms with E-state index in [0.717, 1.165) is 23.5 Å². The highest BCUT2D eigenvalue weighted by atomic mass is 19.4. The summed E-state index contributed by atoms with van der Waals surface area (Å²) in [6.07, 6.45) is -1.17. The normalized spacial score (nSPS) is 19.1. The maximum atomic E-state index is 13.3. The Bertz CT molecular complexity index is 1110. The van der Waals surface area contributed by atoms with Crippen LogP contribution in [0.1, 0.15) is 36.6 Å². The number of likely N-dealkylation sites (tertiary alicyclic amines) is 1. The summed E-state index contributed by atoms with van der Waals surface area (Å²) in [4.78, 5) is 47.3. The average molecular weight is 462 g/mol. The molecule has 1 unspecified atom stereocenters. The van der Waals surface area contributed by atoms with Crippen molar-refractivity contribution in [2.45, 2.75) is 31.5 Å². The lowest BCUT2D eigenvalue weighted by Crippen LogP contribution is -2.45. The minimum Gasteiger partial charge on any atom is -0.368 e. The van der Waals surface area contributed by atoms with Crippen LogP contribution in [-0.4, -0.2) is 57.2 Å². The van der Waals surface area contributed by atoms with Crippen molar-refractivity contribution in [1.82, 2.24) is 25.1 Å². The third-order valence-electron chi connectivity index (χ3n) is 5.67. The molecule has 1 aromatic carbocycles. The predicted molar refractivity (Wildman–Crippen MR) is 110 cm³/mol. The summed E-state index contributed by atoms with van der Waals surface area (Å²) in [6.45, 7) is -0.134. The molecule has 174 valence electrons. The van der Waals surface area contributed by atoms with Crippen LogP contribution in [0.25, 0.3) is 11.1 Å². The molecule has 0 bridgehead atoms. The Morgan fingerprint density at radius 3 is 2.73 bits per heavy atom. The number of aromatic nitrogens is 2. The molecule has 3 N–H and O–H groups in total. The molecular formula is C21H21F3N6O3. The number of nitrogen functional groups attached to an aromatic ring is 1. The number of piperidine rings is 1. The zero-order valence-corrected chi connectivity index (χ0v) is 17.4. The number of nitrogens with one attached hydrogen (secondary N) is 1. The number of hydrogen-bond donors (Lipinski definition) is 2. The molecule has 2 aliphatic heterocycles. The Labute approximate surface area is 186 Å². The molecule has 2 aliphatic rings. The van der Waals surface area contributed by atoms with Crippen molar-refractivity contribution in [1.29, 1.82) is 0 Å². The van der Waals surface area contributed by atoms with Gasteiger partial charge in [0, 0.05) is 18.3 Å². The third-order valence-corrected chi connectivity index (χ3v) is 5.67. The molecule has 2 saturated heterocycles. The van der Waals surface area contributed by atoms with Crippen molar-refractivity contribution in [2.75, 3.05) is 25.4 Å². The summed E-state index contributed by atoms with van der Waals surface area (Å²) in [7, 11) is 0. The Morgan fingerprint density at radius 2 is 2.03 bits per heavy atom. The van der Waals surface area contributed by atoms with Crippen LogP contribution >= 0.6 is 0 Å². The van der Waals surface area contributed by atoms with Gasteiger partial charge in [-0.2, -0.15) is 13.2 Å². The van der Waals surface area contributed by atoms with E-state index in [1.165, 1.54) is 18.3 Å². The Morgan fingerprint density at radius 1 is 1.24 bits per heavy atom. The number of carbonyl (C=O) groups is 3. The second kappa shape index (κ2) is 8.68. The fourth-order valence-electron chi connectivity index (χ4n) is 4.13. The number of benzene rings is 1. The smallest absolute Gasteiger partial charge is 0.368 e. The number of hydrogen-bond acceptors (Lipinski definition) is 6. The number of nitrogens with zero attached hydrogens (tertiary/aromatic N) is 4. The number of anilines is 1. The molecule has 2 aromatic rings. The van der Waals surface area contributed by atoms with Crippen molar-refractivity contribution in [3.05, 3.63) is 41.7 Å². The predicted octanol–water partition coefficient (Wildman–Crippen LogP) is 2.35. The Kier molecular flexibility index (Phi) is 5.91. The van der Waals surface area contributed by atoms with Crippen molar-refractivity contribution in [3.63, 3.8) is 0 Å². The molecule has 3 heterocycles. The zero-order valence-electron chi connectivity index (χ0n) is 17.4. The topological polar surface area (TPSA) is 122 Å². The lowest BCUT2D eigenvalue weighted by Gasteiger charge is -2.37. The van der Waals surface area contributed by atoms with E-state index in [9.17, 15) is 27.6 Å². The Balaban J connectivity index is 1.68. The number of halogens is 3. The zero-order chi connectivity index (χ0) is 23.8. The SMILES string of the molecule is Nc1ncc(-c2cccc(C(F)(F)F)c2)c(C2CCCCN2C(=O)CN2CC(=O)NC2=O)n1. The van der Waals surface area contributed by atoms with Gasteiger partial charge in [-0.1, -0.05) is 12.1 Å². The summed E-state index contributed by atoms with van der Waals surface area (Å²) < 4.78 is 39.8. The molecule has 0 aliphatic carbocycles. The highest BCUT2D eigenvalue weighted by Crippen LogP contribution is 2.38. The van der Waals surface area contributed by atoms with Crippen LogP contribution in [0.4, 0.5) is 23.9 Å². The van der Waals surface area contributed by atoms with E-state index in [-0.39, 0.29) is 24.6 Å². The van der Waals surface area contributed by atoms with Crippen molar-refractivity contribution in [2.24, 2.45) is 0 Å². The van der Waals surface area contributed by atoms with Gasteiger partial charge in [0.15, 0.2) is 0 Å². The van der Waals surface area contributed by atoms with Gasteiger partial charge in [0.2, 0.25) is 17.8 Å². The lowest BCUT2D eigenvalue weighted by atomic mass is 9.93. The molecule has 0 saturated carbocycles. The van der Waals surface area contributed by atoms with Crippen LogP contribution < -0.4 is 11.1 Å². The van der Waals surface area contributed by atoms with Gasteiger partial charge < -0.3 is 15.5 Å². The number of urea groups is 1. The summed E-state index contributed by atoms with van der Waals surface area (Å²) in [5.41, 5.74) is 5.92. The standard InChI is InChI=1S/C21H21F3N6O3/c22-21(23,24)13-5-3-4-12(8-13)14-9-26-19(25)28-18(14)15-6-1-2-7-30(15)17(32)11-29-10-16(31)27-20(29)33/h3-5,8-9,15H,1-2,6-7,10-11H2,(H2,25,26,28)(H,27,31,33). The third kappa shape index (κ3) is 4.73. The van der Waals surface area contributed by atoms with Gasteiger partial charge in [0.1, 0.15) is 13.1 Å². The molecule has 12 heteroatoms. The highest BCUT2D eigenvalue weighted by molar-refractivity contribution is 6.03. The van der Waals surface area contributed by atoms with Crippen LogP contribution in [-0.2, 0) is 15.8 Å². The van der Waals surface area contributed by atoms with Gasteiger partial charge in [-0.05, 0) is 37.0 Å². The average Bonchev–Trinajstić information content (AvgIpc) is 3.09. The molecule has 1 aromatic heterocycles. The first-order chi connectivity index (χ1) is 15.6. The second-order valence-corrected chi connectivity index (χ2v) is 7.91. The highest BCUT2D eigenvalue weighted by Gasteiger charge is 2.36. The summed E-state index contributed by atoms with van der Waals surface area (Å²) in [6, 6.07) is 3.59. The minimum absolute atomic E-state index is 0.0665. The van der Waals surface area contributed by atoms with E-state index in [0.29, 0.717) is 30.6 Å². The van der Waals surface area contributed by atoms with Gasteiger partial charge in [-0.3, -0.25) is 14.9 Å². The molecule has 4 amide bonds. The van der Waals surface area contributed by atoms with Crippen molar-refractivity contribution in [3.8, 4) is 11.1 Å². The first-order valence-electron chi connectivity index (χ1n) is 10.3. The number of rotatable bonds is 4. The first-order valence-corrected chi connectivity index (χ1v) is 10.3. The monoisotopic (exact) mass is 462 g/mol. The molecule has 2 fully saturated rings. The van der Waals surface area contributed by atoms with E-state index < -0.39 is 35.6 Å². The molecule has 0 radical (unpaired) electrons. The molecule has 4 rings (SSSR count). The van der Waals surface area contributed by atoms with Gasteiger partial charge in [-0.25, -0.2) is 14.8 Å². The van der Waals surface area contributed by atoms with Gasteiger partial charge in [-0.15, -0.1) is 0 Å². The maximum absolute atomic E-state index is 13.3. The van der Waals surface area contributed by atoms with Crippen molar-refractivity contribution >= 4 is 23.8 Å². The second-order valence-electron chi connectivity index (χ2n) is 7.91. The van der Waals surface area contributed by atoms with Gasteiger partial charge in [0.05, 0.1) is 17.3 Å². The van der Waals surface area contributed by atoms with E-state index in [1.54, 1.807) is 4.90 Å². The summed E-state index contributed by atoms with van der Waals surface area (Å²) >= 11 is 0. The maximum Gasteiger partial charge on any atom is 0.416 e. The first kappa shape index (κ1) is 22.5. The summed E-state index contributed by atoms with van der Waals surface area (Å²) in [5, 5.41) is 2.12. The number of amides is 4. The molecule has 1 atom stereocenters. The van der Waals surface area contributed by atoms with Crippen LogP contribution in [0, 0.1) is 0 Å². The number of carbonyl (C=O) groups excluding carboxylic acids is 3. The number of imide groups is 1. The van der Waals surface area contributed by atoms with E-state index >= 15 is 0 Å². The number of alkyl halides is 3. The molecule has 33 heavy (non-hydrogen) atoms. The fourth-order valence-corrected chi connectivity index (χ4v) is 4.13. The summed E-state index contributed by atoms with van der Waals surface area (Å²) in [5.74, 6) is -0.946. The van der Waals surface area contributed by atoms with Crippen LogP contribution in [0.3, 0.4) is 0 Å². The van der Waals surface area contributed by atoms with Crippen molar-refractivity contribution < 1.29 is 27.6 Å². The fraction of sp³-hybridized carbons (Fsp3) is 0.381. The lowest BCUT2D eigenvalue weighted by molar-refractivity contribution is -0.137. The Hall–Kier alpha value is -3.70. The quantitative estimate of drug-likeness (QED) is 0.673. The van der Waals surface area contributed by atoms with E-state index in [1.807, 2.05) is 0 Å². The van der Waals surface area contributed by atoms with Crippen LogP contribution in [0.2, 0.25) is 0 Å². The number of nitrogens with two attached hydrogens (primary N) is 1. The van der Waals surface area contributed by atoms with E-state index in [2.05, 4.69) is 15.3 Å². The van der Waals surface area contributed by atoms with Gasteiger partial charge in [0.25, 0.3) is 0 Å². The molecule has 0 spiro atoms. The molecular weight excluding hydrogens is 441 g/mol. The van der Waals surface area contributed by atoms with Crippen LogP contribution in [0.5, 0.6) is 0 Å². The molecule has 9 nitrogen and oxygen atoms in total.